The van der Waals surface area contributed by atoms with E-state index in [0.717, 1.165) is 24.9 Å². The Labute approximate surface area is 129 Å². The number of carbonyl (C=O) groups is 1. The largest absolute Gasteiger partial charge is 0.481 e. The van der Waals surface area contributed by atoms with Crippen LogP contribution in [0.1, 0.15) is 24.4 Å². The van der Waals surface area contributed by atoms with Gasteiger partial charge in [0, 0.05) is 6.54 Å². The Morgan fingerprint density at radius 1 is 1.14 bits per heavy atom. The molecule has 22 heavy (non-hydrogen) atoms. The third kappa shape index (κ3) is 3.11. The molecule has 114 valence electrons. The summed E-state index contributed by atoms with van der Waals surface area (Å²) in [4.78, 5) is 14.2. The van der Waals surface area contributed by atoms with E-state index in [2.05, 4.69) is 0 Å². The highest BCUT2D eigenvalue weighted by Crippen LogP contribution is 2.31. The standard InChI is InChI=1S/C18H18FNO2/c19-15-9-4-5-11-17(15)22-13-18(21)20-12-6-10-16(20)14-7-2-1-3-8-14/h1-5,7-9,11,16H,6,10,12-13H2. The van der Waals surface area contributed by atoms with Crippen LogP contribution < -0.4 is 4.74 Å². The SMILES string of the molecule is O=C(COc1ccccc1F)N1CCCC1c1ccccc1. The molecular weight excluding hydrogens is 281 g/mol. The Kier molecular flexibility index (Phi) is 4.37. The van der Waals surface area contributed by atoms with E-state index in [1.165, 1.54) is 12.1 Å². The molecule has 0 spiro atoms. The second-order valence-electron chi connectivity index (χ2n) is 5.37. The predicted octanol–water partition coefficient (Wildman–Crippen LogP) is 3.57. The molecule has 1 aliphatic heterocycles. The summed E-state index contributed by atoms with van der Waals surface area (Å²) in [5.41, 5.74) is 1.14. The highest BCUT2D eigenvalue weighted by molar-refractivity contribution is 5.78. The quantitative estimate of drug-likeness (QED) is 0.864. The summed E-state index contributed by atoms with van der Waals surface area (Å²) >= 11 is 0. The van der Waals surface area contributed by atoms with E-state index < -0.39 is 5.82 Å². The van der Waals surface area contributed by atoms with Crippen LogP contribution in [0.25, 0.3) is 0 Å². The maximum Gasteiger partial charge on any atom is 0.261 e. The van der Waals surface area contributed by atoms with E-state index in [4.69, 9.17) is 4.74 Å². The first-order chi connectivity index (χ1) is 10.8. The van der Waals surface area contributed by atoms with Crippen LogP contribution in [0, 0.1) is 5.82 Å². The first kappa shape index (κ1) is 14.6. The van der Waals surface area contributed by atoms with Crippen LogP contribution in [0.2, 0.25) is 0 Å². The van der Waals surface area contributed by atoms with E-state index in [0.29, 0.717) is 0 Å². The van der Waals surface area contributed by atoms with Crippen LogP contribution in [0.15, 0.2) is 54.6 Å². The van der Waals surface area contributed by atoms with Crippen molar-refractivity contribution in [3.63, 3.8) is 0 Å². The summed E-state index contributed by atoms with van der Waals surface area (Å²) < 4.78 is 18.8. The summed E-state index contributed by atoms with van der Waals surface area (Å²) in [5.74, 6) is -0.433. The Morgan fingerprint density at radius 3 is 2.64 bits per heavy atom. The van der Waals surface area contributed by atoms with Gasteiger partial charge in [0.15, 0.2) is 18.2 Å². The molecule has 2 aromatic rings. The number of para-hydroxylation sites is 1. The number of amides is 1. The Balaban J connectivity index is 1.65. The third-order valence-electron chi connectivity index (χ3n) is 3.95. The van der Waals surface area contributed by atoms with Crippen molar-refractivity contribution < 1.29 is 13.9 Å². The van der Waals surface area contributed by atoms with Crippen molar-refractivity contribution in [2.24, 2.45) is 0 Å². The summed E-state index contributed by atoms with van der Waals surface area (Å²) in [6, 6.07) is 16.2. The van der Waals surface area contributed by atoms with Crippen LogP contribution in [0.3, 0.4) is 0 Å². The normalized spacial score (nSPS) is 17.5. The molecule has 0 aromatic heterocycles. The van der Waals surface area contributed by atoms with Gasteiger partial charge in [-0.15, -0.1) is 0 Å². The number of hydrogen-bond acceptors (Lipinski definition) is 2. The molecule has 0 radical (unpaired) electrons. The van der Waals surface area contributed by atoms with E-state index in [-0.39, 0.29) is 24.3 Å². The fourth-order valence-corrected chi connectivity index (χ4v) is 2.87. The molecule has 1 aliphatic rings. The van der Waals surface area contributed by atoms with Gasteiger partial charge < -0.3 is 9.64 Å². The maximum atomic E-state index is 13.5. The average Bonchev–Trinajstić information content (AvgIpc) is 3.04. The molecule has 1 unspecified atom stereocenters. The number of benzene rings is 2. The van der Waals surface area contributed by atoms with Crippen LogP contribution in [-0.4, -0.2) is 24.0 Å². The van der Waals surface area contributed by atoms with Gasteiger partial charge in [0.25, 0.3) is 5.91 Å². The minimum absolute atomic E-state index is 0.0953. The smallest absolute Gasteiger partial charge is 0.261 e. The van der Waals surface area contributed by atoms with Gasteiger partial charge in [-0.25, -0.2) is 4.39 Å². The number of carbonyl (C=O) groups excluding carboxylic acids is 1. The lowest BCUT2D eigenvalue weighted by Crippen LogP contribution is -2.34. The number of hydrogen-bond donors (Lipinski definition) is 0. The maximum absolute atomic E-state index is 13.5. The van der Waals surface area contributed by atoms with Crippen molar-refractivity contribution in [3.8, 4) is 5.75 Å². The number of ether oxygens (including phenoxy) is 1. The van der Waals surface area contributed by atoms with Gasteiger partial charge in [0.2, 0.25) is 0 Å². The van der Waals surface area contributed by atoms with Crippen LogP contribution in [-0.2, 0) is 4.79 Å². The Hall–Kier alpha value is -2.36. The van der Waals surface area contributed by atoms with Crippen molar-refractivity contribution in [2.45, 2.75) is 18.9 Å². The fraction of sp³-hybridized carbons (Fsp3) is 0.278. The second kappa shape index (κ2) is 6.60. The molecule has 3 rings (SSSR count). The zero-order valence-electron chi connectivity index (χ0n) is 12.2. The summed E-state index contributed by atoms with van der Waals surface area (Å²) in [6.45, 7) is 0.587. The molecule has 4 heteroatoms. The van der Waals surface area contributed by atoms with Gasteiger partial charge >= 0.3 is 0 Å². The van der Waals surface area contributed by atoms with E-state index in [9.17, 15) is 9.18 Å². The molecule has 0 aliphatic carbocycles. The van der Waals surface area contributed by atoms with Gasteiger partial charge in [-0.1, -0.05) is 42.5 Å². The zero-order valence-corrected chi connectivity index (χ0v) is 12.2. The number of nitrogens with zero attached hydrogens (tertiary/aromatic N) is 1. The van der Waals surface area contributed by atoms with Crippen molar-refractivity contribution in [3.05, 3.63) is 66.0 Å². The predicted molar refractivity (Wildman–Crippen MR) is 82.0 cm³/mol. The van der Waals surface area contributed by atoms with E-state index in [1.54, 1.807) is 12.1 Å². The van der Waals surface area contributed by atoms with Crippen LogP contribution in [0.5, 0.6) is 5.75 Å². The zero-order chi connectivity index (χ0) is 15.4. The molecule has 0 saturated carbocycles. The molecular formula is C18H18FNO2. The van der Waals surface area contributed by atoms with Gasteiger partial charge in [-0.2, -0.15) is 0 Å². The van der Waals surface area contributed by atoms with Crippen LogP contribution in [0.4, 0.5) is 4.39 Å². The molecule has 0 bridgehead atoms. The summed E-state index contributed by atoms with van der Waals surface area (Å²) in [6.07, 6.45) is 1.93. The molecule has 1 saturated heterocycles. The molecule has 1 fully saturated rings. The summed E-state index contributed by atoms with van der Waals surface area (Å²) in [7, 11) is 0. The third-order valence-corrected chi connectivity index (χ3v) is 3.95. The molecule has 1 amide bonds. The minimum atomic E-state index is -0.448. The van der Waals surface area contributed by atoms with Gasteiger partial charge in [0.1, 0.15) is 0 Å². The van der Waals surface area contributed by atoms with Gasteiger partial charge in [0.05, 0.1) is 6.04 Å². The van der Waals surface area contributed by atoms with E-state index in [1.807, 2.05) is 35.2 Å². The monoisotopic (exact) mass is 299 g/mol. The molecule has 3 nitrogen and oxygen atoms in total. The lowest BCUT2D eigenvalue weighted by Gasteiger charge is -2.25. The molecule has 2 aromatic carbocycles. The lowest BCUT2D eigenvalue weighted by molar-refractivity contribution is -0.134. The first-order valence-electron chi connectivity index (χ1n) is 7.47. The Morgan fingerprint density at radius 2 is 1.86 bits per heavy atom. The van der Waals surface area contributed by atoms with Crippen molar-refractivity contribution in [1.82, 2.24) is 4.90 Å². The average molecular weight is 299 g/mol. The van der Waals surface area contributed by atoms with Crippen LogP contribution >= 0.6 is 0 Å². The highest BCUT2D eigenvalue weighted by Gasteiger charge is 2.29. The Bertz CT molecular complexity index is 645. The minimum Gasteiger partial charge on any atom is -0.481 e. The van der Waals surface area contributed by atoms with E-state index >= 15 is 0 Å². The van der Waals surface area contributed by atoms with Gasteiger partial charge in [-0.3, -0.25) is 4.79 Å². The van der Waals surface area contributed by atoms with Crippen molar-refractivity contribution in [1.29, 1.82) is 0 Å². The number of likely N-dealkylation sites (tertiary alicyclic amines) is 1. The van der Waals surface area contributed by atoms with Gasteiger partial charge in [-0.05, 0) is 30.5 Å². The molecule has 1 heterocycles. The number of rotatable bonds is 4. The molecule has 1 atom stereocenters. The topological polar surface area (TPSA) is 29.5 Å². The molecule has 0 N–H and O–H groups in total. The lowest BCUT2D eigenvalue weighted by atomic mass is 10.0. The highest BCUT2D eigenvalue weighted by atomic mass is 19.1. The number of halogens is 1. The van der Waals surface area contributed by atoms with Crippen molar-refractivity contribution in [2.75, 3.05) is 13.2 Å². The fourth-order valence-electron chi connectivity index (χ4n) is 2.87. The first-order valence-corrected chi connectivity index (χ1v) is 7.47. The summed E-state index contributed by atoms with van der Waals surface area (Å²) in [5, 5.41) is 0. The van der Waals surface area contributed by atoms with Crippen molar-refractivity contribution >= 4 is 5.91 Å². The second-order valence-corrected chi connectivity index (χ2v) is 5.37.